The van der Waals surface area contributed by atoms with Crippen LogP contribution < -0.4 is 9.47 Å². The van der Waals surface area contributed by atoms with Gasteiger partial charge in [0.1, 0.15) is 11.5 Å². The molecule has 0 saturated heterocycles. The van der Waals surface area contributed by atoms with Gasteiger partial charge in [-0.25, -0.2) is 0 Å². The molecule has 2 unspecified atom stereocenters. The smallest absolute Gasteiger partial charge is 0.308 e. The van der Waals surface area contributed by atoms with Crippen LogP contribution in [0, 0.1) is 0 Å². The molecule has 22 heavy (non-hydrogen) atoms. The van der Waals surface area contributed by atoms with Crippen LogP contribution in [-0.2, 0) is 19.1 Å². The average Bonchev–Trinajstić information content (AvgIpc) is 2.48. The number of carbonyl (C=O) groups excluding carboxylic acids is 2. The lowest BCUT2D eigenvalue weighted by Crippen LogP contribution is -2.21. The molecule has 0 fully saturated rings. The van der Waals surface area contributed by atoms with E-state index in [1.165, 1.54) is 0 Å². The van der Waals surface area contributed by atoms with Crippen LogP contribution in [0.3, 0.4) is 0 Å². The van der Waals surface area contributed by atoms with Crippen molar-refractivity contribution >= 4 is 11.9 Å². The topological polar surface area (TPSA) is 71.1 Å². The second-order valence-corrected chi connectivity index (χ2v) is 4.53. The van der Waals surface area contributed by atoms with Crippen LogP contribution in [0.15, 0.2) is 24.3 Å². The Balaban J connectivity index is 2.49. The number of esters is 2. The Hall–Kier alpha value is -2.24. The highest BCUT2D eigenvalue weighted by molar-refractivity contribution is 5.69. The Kier molecular flexibility index (Phi) is 7.22. The molecule has 0 aliphatic rings. The monoisotopic (exact) mass is 310 g/mol. The average molecular weight is 310 g/mol. The zero-order valence-electron chi connectivity index (χ0n) is 13.3. The fourth-order valence-corrected chi connectivity index (χ4v) is 1.57. The second kappa shape index (κ2) is 8.92. The third-order valence-electron chi connectivity index (χ3n) is 2.60. The van der Waals surface area contributed by atoms with Crippen LogP contribution in [0.1, 0.15) is 40.5 Å². The van der Waals surface area contributed by atoms with Gasteiger partial charge in [-0.15, -0.1) is 0 Å². The lowest BCUT2D eigenvalue weighted by atomic mass is 10.3. The van der Waals surface area contributed by atoms with Crippen molar-refractivity contribution < 1.29 is 28.5 Å². The predicted octanol–water partition coefficient (Wildman–Crippen LogP) is 3.04. The summed E-state index contributed by atoms with van der Waals surface area (Å²) >= 11 is 0. The van der Waals surface area contributed by atoms with Crippen LogP contribution in [-0.4, -0.2) is 24.5 Å². The number of hydrogen-bond acceptors (Lipinski definition) is 6. The summed E-state index contributed by atoms with van der Waals surface area (Å²) in [5.41, 5.74) is 0. The van der Waals surface area contributed by atoms with E-state index in [0.29, 0.717) is 24.3 Å². The molecule has 0 spiro atoms. The molecule has 0 heterocycles. The summed E-state index contributed by atoms with van der Waals surface area (Å²) in [4.78, 5) is 22.3. The third kappa shape index (κ3) is 6.47. The van der Waals surface area contributed by atoms with Crippen LogP contribution in [0.5, 0.6) is 11.5 Å². The maximum atomic E-state index is 11.1. The maximum Gasteiger partial charge on any atom is 0.308 e. The zero-order valence-corrected chi connectivity index (χ0v) is 13.3. The van der Waals surface area contributed by atoms with Gasteiger partial charge in [-0.3, -0.25) is 9.59 Å². The fourth-order valence-electron chi connectivity index (χ4n) is 1.57. The van der Waals surface area contributed by atoms with E-state index >= 15 is 0 Å². The van der Waals surface area contributed by atoms with Gasteiger partial charge in [0.2, 0.25) is 12.6 Å². The molecular weight excluding hydrogens is 288 g/mol. The first-order chi connectivity index (χ1) is 10.4. The van der Waals surface area contributed by atoms with E-state index in [1.807, 2.05) is 0 Å². The molecule has 6 nitrogen and oxygen atoms in total. The lowest BCUT2D eigenvalue weighted by molar-refractivity contribution is -0.162. The number of benzene rings is 1. The van der Waals surface area contributed by atoms with Gasteiger partial charge in [0.25, 0.3) is 0 Å². The van der Waals surface area contributed by atoms with Gasteiger partial charge in [0.15, 0.2) is 0 Å². The minimum atomic E-state index is -0.663. The molecule has 1 rings (SSSR count). The van der Waals surface area contributed by atoms with Crippen LogP contribution in [0.4, 0.5) is 0 Å². The summed E-state index contributed by atoms with van der Waals surface area (Å²) < 4.78 is 20.9. The van der Waals surface area contributed by atoms with Gasteiger partial charge in [-0.2, -0.15) is 0 Å². The van der Waals surface area contributed by atoms with E-state index < -0.39 is 12.6 Å². The van der Waals surface area contributed by atoms with E-state index in [4.69, 9.17) is 18.9 Å². The SMILES string of the molecule is CCC(=O)OC(C)Oc1ccc(OC(C)OC(=O)CC)cc1. The Morgan fingerprint density at radius 1 is 0.818 bits per heavy atom. The highest BCUT2D eigenvalue weighted by Crippen LogP contribution is 2.20. The summed E-state index contributed by atoms with van der Waals surface area (Å²) in [6.07, 6.45) is -0.726. The molecule has 0 aromatic heterocycles. The van der Waals surface area contributed by atoms with E-state index in [1.54, 1.807) is 52.0 Å². The van der Waals surface area contributed by atoms with Crippen molar-refractivity contribution in [2.75, 3.05) is 0 Å². The van der Waals surface area contributed by atoms with E-state index in [0.717, 1.165) is 0 Å². The first kappa shape index (κ1) is 17.8. The summed E-state index contributed by atoms with van der Waals surface area (Å²) in [5, 5.41) is 0. The van der Waals surface area contributed by atoms with Gasteiger partial charge >= 0.3 is 11.9 Å². The Bertz CT molecular complexity index is 437. The van der Waals surface area contributed by atoms with Gasteiger partial charge in [-0.1, -0.05) is 13.8 Å². The van der Waals surface area contributed by atoms with E-state index in [-0.39, 0.29) is 11.9 Å². The molecule has 2 atom stereocenters. The second-order valence-electron chi connectivity index (χ2n) is 4.53. The van der Waals surface area contributed by atoms with Gasteiger partial charge in [-0.05, 0) is 24.3 Å². The van der Waals surface area contributed by atoms with E-state index in [9.17, 15) is 9.59 Å². The minimum absolute atomic E-state index is 0.300. The van der Waals surface area contributed by atoms with Crippen molar-refractivity contribution in [3.8, 4) is 11.5 Å². The molecule has 122 valence electrons. The molecular formula is C16H22O6. The molecule has 0 bridgehead atoms. The Morgan fingerprint density at radius 3 is 1.41 bits per heavy atom. The standard InChI is InChI=1S/C16H22O6/c1-5-15(17)21-11(3)19-13-7-9-14(10-8-13)20-12(4)22-16(18)6-2/h7-12H,5-6H2,1-4H3. The Morgan fingerprint density at radius 2 is 1.14 bits per heavy atom. The predicted molar refractivity (Wildman–Crippen MR) is 79.4 cm³/mol. The van der Waals surface area contributed by atoms with Crippen LogP contribution in [0.25, 0.3) is 0 Å². The maximum absolute atomic E-state index is 11.1. The van der Waals surface area contributed by atoms with Crippen molar-refractivity contribution in [3.05, 3.63) is 24.3 Å². The largest absolute Gasteiger partial charge is 0.455 e. The summed E-state index contributed by atoms with van der Waals surface area (Å²) in [7, 11) is 0. The van der Waals surface area contributed by atoms with Crippen LogP contribution >= 0.6 is 0 Å². The lowest BCUT2D eigenvalue weighted by Gasteiger charge is -2.17. The first-order valence-corrected chi connectivity index (χ1v) is 7.26. The molecule has 0 aliphatic carbocycles. The van der Waals surface area contributed by atoms with Gasteiger partial charge < -0.3 is 18.9 Å². The van der Waals surface area contributed by atoms with Crippen molar-refractivity contribution in [1.29, 1.82) is 0 Å². The normalized spacial score (nSPS) is 12.9. The van der Waals surface area contributed by atoms with E-state index in [2.05, 4.69) is 0 Å². The number of carbonyl (C=O) groups is 2. The van der Waals surface area contributed by atoms with Gasteiger partial charge in [0, 0.05) is 26.7 Å². The molecule has 0 saturated carbocycles. The molecule has 1 aromatic rings. The van der Waals surface area contributed by atoms with Crippen molar-refractivity contribution in [3.63, 3.8) is 0 Å². The molecule has 6 heteroatoms. The number of hydrogen-bond donors (Lipinski definition) is 0. The summed E-state index contributed by atoms with van der Waals surface area (Å²) in [6.45, 7) is 6.72. The quantitative estimate of drug-likeness (QED) is 0.543. The van der Waals surface area contributed by atoms with Crippen molar-refractivity contribution in [1.82, 2.24) is 0 Å². The minimum Gasteiger partial charge on any atom is -0.455 e. The first-order valence-electron chi connectivity index (χ1n) is 7.26. The molecule has 1 aromatic carbocycles. The summed E-state index contributed by atoms with van der Waals surface area (Å²) in [5.74, 6) is 0.446. The third-order valence-corrected chi connectivity index (χ3v) is 2.60. The summed E-state index contributed by atoms with van der Waals surface area (Å²) in [6, 6.07) is 6.72. The van der Waals surface area contributed by atoms with Gasteiger partial charge in [0.05, 0.1) is 0 Å². The number of rotatable bonds is 8. The highest BCUT2D eigenvalue weighted by atomic mass is 16.7. The molecule has 0 amide bonds. The van der Waals surface area contributed by atoms with Crippen molar-refractivity contribution in [2.24, 2.45) is 0 Å². The molecule has 0 radical (unpaired) electrons. The van der Waals surface area contributed by atoms with Crippen LogP contribution in [0.2, 0.25) is 0 Å². The highest BCUT2D eigenvalue weighted by Gasteiger charge is 2.11. The fraction of sp³-hybridized carbons (Fsp3) is 0.500. The van der Waals surface area contributed by atoms with Crippen molar-refractivity contribution in [2.45, 2.75) is 53.1 Å². The Labute approximate surface area is 130 Å². The molecule has 0 aliphatic heterocycles. The molecule has 0 N–H and O–H groups in total. The number of ether oxygens (including phenoxy) is 4. The zero-order chi connectivity index (χ0) is 16.5.